The van der Waals surface area contributed by atoms with Gasteiger partial charge in [0.1, 0.15) is 6.10 Å². The van der Waals surface area contributed by atoms with Crippen LogP contribution >= 0.6 is 0 Å². The van der Waals surface area contributed by atoms with Crippen molar-refractivity contribution in [2.45, 2.75) is 51.0 Å². The molecular formula is C16H22O4. The van der Waals surface area contributed by atoms with Crippen LogP contribution in [0.2, 0.25) is 0 Å². The molecule has 4 nitrogen and oxygen atoms in total. The van der Waals surface area contributed by atoms with Crippen molar-refractivity contribution in [3.63, 3.8) is 0 Å². The molecule has 4 unspecified atom stereocenters. The Bertz CT molecular complexity index is 415. The highest BCUT2D eigenvalue weighted by Crippen LogP contribution is 2.43. The van der Waals surface area contributed by atoms with Crippen LogP contribution in [0.25, 0.3) is 0 Å². The summed E-state index contributed by atoms with van der Waals surface area (Å²) in [6, 6.07) is 0. The molecule has 1 aliphatic heterocycles. The number of fused-ring (bicyclic) bond motifs is 2. The number of allylic oxidation sites excluding steroid dienone is 2. The summed E-state index contributed by atoms with van der Waals surface area (Å²) in [6.45, 7) is 0.369. The van der Waals surface area contributed by atoms with Gasteiger partial charge in [-0.3, -0.25) is 9.59 Å². The summed E-state index contributed by atoms with van der Waals surface area (Å²) >= 11 is 0. The first-order chi connectivity index (χ1) is 9.72. The van der Waals surface area contributed by atoms with Gasteiger partial charge in [-0.1, -0.05) is 12.2 Å². The van der Waals surface area contributed by atoms with Gasteiger partial charge in [0, 0.05) is 12.8 Å². The summed E-state index contributed by atoms with van der Waals surface area (Å²) in [4.78, 5) is 23.4. The van der Waals surface area contributed by atoms with Crippen molar-refractivity contribution in [2.24, 2.45) is 17.8 Å². The highest BCUT2D eigenvalue weighted by atomic mass is 16.6. The maximum atomic E-state index is 12.0. The van der Waals surface area contributed by atoms with E-state index in [0.29, 0.717) is 31.3 Å². The second kappa shape index (κ2) is 5.98. The van der Waals surface area contributed by atoms with Crippen molar-refractivity contribution in [1.82, 2.24) is 0 Å². The molecule has 1 heterocycles. The number of carbonyl (C=O) groups is 2. The van der Waals surface area contributed by atoms with Gasteiger partial charge in [0.25, 0.3) is 0 Å². The number of carbonyl (C=O) groups excluding carboxylic acids is 2. The maximum absolute atomic E-state index is 12.0. The maximum Gasteiger partial charge on any atom is 0.309 e. The van der Waals surface area contributed by atoms with Crippen LogP contribution in [0, 0.1) is 17.8 Å². The van der Waals surface area contributed by atoms with Crippen LogP contribution in [0.4, 0.5) is 0 Å². The lowest BCUT2D eigenvalue weighted by Gasteiger charge is -2.18. The molecule has 0 aromatic heterocycles. The Morgan fingerprint density at radius 2 is 2.20 bits per heavy atom. The first kappa shape index (κ1) is 13.7. The summed E-state index contributed by atoms with van der Waals surface area (Å²) in [5, 5.41) is 0. The molecular weight excluding hydrogens is 256 g/mol. The quantitative estimate of drug-likeness (QED) is 0.586. The van der Waals surface area contributed by atoms with E-state index in [1.807, 2.05) is 0 Å². The zero-order valence-corrected chi connectivity index (χ0v) is 11.8. The predicted molar refractivity (Wildman–Crippen MR) is 72.8 cm³/mol. The van der Waals surface area contributed by atoms with Crippen molar-refractivity contribution >= 4 is 11.9 Å². The molecule has 110 valence electrons. The lowest BCUT2D eigenvalue weighted by Crippen LogP contribution is -2.24. The SMILES string of the molecule is O=C1CCCCC(CCOC(=O)C2CC3C=CC2C3)O1. The van der Waals surface area contributed by atoms with Crippen LogP contribution < -0.4 is 0 Å². The first-order valence-electron chi connectivity index (χ1n) is 7.77. The third-order valence-corrected chi connectivity index (χ3v) is 4.72. The third kappa shape index (κ3) is 3.05. The lowest BCUT2D eigenvalue weighted by atomic mass is 9.94. The molecule has 4 heteroatoms. The lowest BCUT2D eigenvalue weighted by molar-refractivity contribution is -0.152. The van der Waals surface area contributed by atoms with E-state index >= 15 is 0 Å². The minimum atomic E-state index is -0.114. The molecule has 0 radical (unpaired) electrons. The van der Waals surface area contributed by atoms with Gasteiger partial charge in [-0.15, -0.1) is 0 Å². The Morgan fingerprint density at radius 1 is 1.30 bits per heavy atom. The number of rotatable bonds is 4. The highest BCUT2D eigenvalue weighted by molar-refractivity contribution is 5.74. The summed E-state index contributed by atoms with van der Waals surface area (Å²) in [7, 11) is 0. The van der Waals surface area contributed by atoms with Gasteiger partial charge in [0.2, 0.25) is 0 Å². The molecule has 0 aromatic carbocycles. The van der Waals surface area contributed by atoms with Crippen molar-refractivity contribution in [3.05, 3.63) is 12.2 Å². The molecule has 1 saturated heterocycles. The number of ether oxygens (including phenoxy) is 2. The van der Waals surface area contributed by atoms with E-state index in [-0.39, 0.29) is 24.0 Å². The fraction of sp³-hybridized carbons (Fsp3) is 0.750. The summed E-state index contributed by atoms with van der Waals surface area (Å²) in [5.41, 5.74) is 0. The van der Waals surface area contributed by atoms with Crippen LogP contribution in [-0.4, -0.2) is 24.6 Å². The van der Waals surface area contributed by atoms with Gasteiger partial charge in [-0.05, 0) is 43.9 Å². The zero-order chi connectivity index (χ0) is 13.9. The Morgan fingerprint density at radius 3 is 2.95 bits per heavy atom. The Hall–Kier alpha value is -1.32. The molecule has 2 fully saturated rings. The van der Waals surface area contributed by atoms with Crippen molar-refractivity contribution in [3.8, 4) is 0 Å². The second-order valence-corrected chi connectivity index (χ2v) is 6.20. The van der Waals surface area contributed by atoms with Crippen LogP contribution in [0.5, 0.6) is 0 Å². The molecule has 1 saturated carbocycles. The molecule has 2 bridgehead atoms. The minimum Gasteiger partial charge on any atom is -0.465 e. The number of hydrogen-bond acceptors (Lipinski definition) is 4. The van der Waals surface area contributed by atoms with Gasteiger partial charge in [0.15, 0.2) is 0 Å². The normalized spacial score (nSPS) is 35.7. The van der Waals surface area contributed by atoms with Gasteiger partial charge >= 0.3 is 11.9 Å². The van der Waals surface area contributed by atoms with Crippen LogP contribution in [0.1, 0.15) is 44.9 Å². The number of cyclic esters (lactones) is 1. The van der Waals surface area contributed by atoms with E-state index in [1.165, 1.54) is 0 Å². The van der Waals surface area contributed by atoms with Gasteiger partial charge in [-0.2, -0.15) is 0 Å². The average Bonchev–Trinajstić information content (AvgIpc) is 3.00. The van der Waals surface area contributed by atoms with Gasteiger partial charge in [-0.25, -0.2) is 0 Å². The minimum absolute atomic E-state index is 0.0571. The highest BCUT2D eigenvalue weighted by Gasteiger charge is 2.40. The van der Waals surface area contributed by atoms with Crippen molar-refractivity contribution < 1.29 is 19.1 Å². The van der Waals surface area contributed by atoms with E-state index in [1.54, 1.807) is 0 Å². The van der Waals surface area contributed by atoms with Crippen LogP contribution in [0.15, 0.2) is 12.2 Å². The van der Waals surface area contributed by atoms with E-state index in [2.05, 4.69) is 12.2 Å². The molecule has 0 amide bonds. The van der Waals surface area contributed by atoms with Crippen LogP contribution in [0.3, 0.4) is 0 Å². The topological polar surface area (TPSA) is 52.6 Å². The second-order valence-electron chi connectivity index (χ2n) is 6.20. The van der Waals surface area contributed by atoms with Crippen LogP contribution in [-0.2, 0) is 19.1 Å². The molecule has 20 heavy (non-hydrogen) atoms. The summed E-state index contributed by atoms with van der Waals surface area (Å²) < 4.78 is 10.7. The molecule has 0 spiro atoms. The standard InChI is InChI=1S/C16H22O4/c17-15-4-2-1-3-13(20-15)7-8-19-16(18)14-10-11-5-6-12(14)9-11/h5-6,11-14H,1-4,7-10H2. The smallest absolute Gasteiger partial charge is 0.309 e. The number of hydrogen-bond donors (Lipinski definition) is 0. The van der Waals surface area contributed by atoms with Gasteiger partial charge in [0.05, 0.1) is 12.5 Å². The Labute approximate surface area is 119 Å². The van der Waals surface area contributed by atoms with E-state index in [9.17, 15) is 9.59 Å². The largest absolute Gasteiger partial charge is 0.465 e. The van der Waals surface area contributed by atoms with E-state index < -0.39 is 0 Å². The third-order valence-electron chi connectivity index (χ3n) is 4.72. The molecule has 2 aliphatic carbocycles. The molecule has 4 atom stereocenters. The average molecular weight is 278 g/mol. The molecule has 3 aliphatic rings. The fourth-order valence-corrected chi connectivity index (χ4v) is 3.60. The Kier molecular flexibility index (Phi) is 4.08. The monoisotopic (exact) mass is 278 g/mol. The summed E-state index contributed by atoms with van der Waals surface area (Å²) in [5.74, 6) is 0.851. The number of esters is 2. The molecule has 0 N–H and O–H groups in total. The van der Waals surface area contributed by atoms with Gasteiger partial charge < -0.3 is 9.47 Å². The first-order valence-corrected chi connectivity index (χ1v) is 7.77. The molecule has 0 aromatic rings. The molecule has 3 rings (SSSR count). The van der Waals surface area contributed by atoms with Crippen molar-refractivity contribution in [2.75, 3.05) is 6.61 Å². The van der Waals surface area contributed by atoms with E-state index in [4.69, 9.17) is 9.47 Å². The van der Waals surface area contributed by atoms with E-state index in [0.717, 1.165) is 32.1 Å². The summed E-state index contributed by atoms with van der Waals surface area (Å²) in [6.07, 6.45) is 10.3. The zero-order valence-electron chi connectivity index (χ0n) is 11.8. The Balaban J connectivity index is 1.40. The predicted octanol–water partition coefficient (Wildman–Crippen LogP) is 2.62. The fourth-order valence-electron chi connectivity index (χ4n) is 3.60. The van der Waals surface area contributed by atoms with Crippen molar-refractivity contribution in [1.29, 1.82) is 0 Å².